The Balaban J connectivity index is 1.17. The van der Waals surface area contributed by atoms with Crippen molar-refractivity contribution in [3.63, 3.8) is 0 Å². The molecule has 10 aromatic carbocycles. The SMILES string of the molecule is c1ccc(-c2ccc(-n3c4ccc(N(c5ccccc5)c5c6ccccc6cc6c5oc5ccccc56)cc4c4cc5ccccc5cc43)c3ccccc23)cc1. The summed E-state index contributed by atoms with van der Waals surface area (Å²) >= 11 is 0. The molecule has 0 aliphatic carbocycles. The van der Waals surface area contributed by atoms with Crippen LogP contribution >= 0.6 is 0 Å². The van der Waals surface area contributed by atoms with E-state index >= 15 is 0 Å². The van der Waals surface area contributed by atoms with Crippen LogP contribution in [0, 0.1) is 0 Å². The zero-order valence-corrected chi connectivity index (χ0v) is 30.9. The maximum atomic E-state index is 6.82. The zero-order chi connectivity index (χ0) is 37.5. The van der Waals surface area contributed by atoms with Gasteiger partial charge in [0.1, 0.15) is 5.58 Å². The Morgan fingerprint density at radius 3 is 1.79 bits per heavy atom. The van der Waals surface area contributed by atoms with Gasteiger partial charge in [-0.15, -0.1) is 0 Å². The van der Waals surface area contributed by atoms with Crippen molar-refractivity contribution in [2.24, 2.45) is 0 Å². The summed E-state index contributed by atoms with van der Waals surface area (Å²) in [6, 6.07) is 74.5. The summed E-state index contributed by atoms with van der Waals surface area (Å²) in [7, 11) is 0. The van der Waals surface area contributed by atoms with Crippen molar-refractivity contribution in [3.8, 4) is 16.8 Å². The van der Waals surface area contributed by atoms with Gasteiger partial charge in [0, 0.05) is 43.7 Å². The van der Waals surface area contributed by atoms with Crippen molar-refractivity contribution in [1.29, 1.82) is 0 Å². The number of benzene rings is 10. The number of anilines is 3. The Morgan fingerprint density at radius 2 is 0.982 bits per heavy atom. The van der Waals surface area contributed by atoms with Gasteiger partial charge in [-0.3, -0.25) is 0 Å². The van der Waals surface area contributed by atoms with Crippen LogP contribution in [0.4, 0.5) is 17.1 Å². The van der Waals surface area contributed by atoms with Gasteiger partial charge >= 0.3 is 0 Å². The summed E-state index contributed by atoms with van der Waals surface area (Å²) in [6.45, 7) is 0. The van der Waals surface area contributed by atoms with Crippen molar-refractivity contribution in [1.82, 2.24) is 4.57 Å². The van der Waals surface area contributed by atoms with Gasteiger partial charge in [-0.05, 0) is 93.3 Å². The summed E-state index contributed by atoms with van der Waals surface area (Å²) in [4.78, 5) is 2.39. The van der Waals surface area contributed by atoms with Crippen molar-refractivity contribution in [2.75, 3.05) is 4.90 Å². The Kier molecular flexibility index (Phi) is 6.93. The molecule has 0 amide bonds. The molecule has 0 N–H and O–H groups in total. The molecule has 0 spiro atoms. The smallest absolute Gasteiger partial charge is 0.160 e. The quantitative estimate of drug-likeness (QED) is 0.176. The molecular weight excluding hydrogens is 693 g/mol. The number of fused-ring (bicyclic) bond motifs is 9. The fourth-order valence-electron chi connectivity index (χ4n) is 9.15. The van der Waals surface area contributed by atoms with Gasteiger partial charge in [0.2, 0.25) is 0 Å². The average molecular weight is 727 g/mol. The fraction of sp³-hybridized carbons (Fsp3) is 0. The molecular formula is C54H34N2O. The van der Waals surface area contributed by atoms with E-state index < -0.39 is 0 Å². The number of aromatic nitrogens is 1. The van der Waals surface area contributed by atoms with Crippen molar-refractivity contribution >= 4 is 93.1 Å². The molecule has 0 saturated carbocycles. The Labute approximate surface area is 328 Å². The third-order valence-electron chi connectivity index (χ3n) is 11.7. The summed E-state index contributed by atoms with van der Waals surface area (Å²) < 4.78 is 9.29. The molecule has 57 heavy (non-hydrogen) atoms. The largest absolute Gasteiger partial charge is 0.454 e. The van der Waals surface area contributed by atoms with E-state index in [0.29, 0.717) is 0 Å². The summed E-state index contributed by atoms with van der Waals surface area (Å²) in [5.41, 5.74) is 10.8. The van der Waals surface area contributed by atoms with Crippen LogP contribution in [0.25, 0.3) is 92.9 Å². The predicted molar refractivity (Wildman–Crippen MR) is 241 cm³/mol. The maximum absolute atomic E-state index is 6.82. The van der Waals surface area contributed by atoms with Crippen LogP contribution in [-0.4, -0.2) is 4.57 Å². The van der Waals surface area contributed by atoms with Crippen LogP contribution in [-0.2, 0) is 0 Å². The molecule has 0 saturated heterocycles. The minimum atomic E-state index is 0.872. The number of nitrogens with zero attached hydrogens (tertiary/aromatic N) is 2. The minimum absolute atomic E-state index is 0.872. The van der Waals surface area contributed by atoms with Crippen LogP contribution in [0.15, 0.2) is 211 Å². The molecule has 266 valence electrons. The highest BCUT2D eigenvalue weighted by Crippen LogP contribution is 2.48. The maximum Gasteiger partial charge on any atom is 0.160 e. The van der Waals surface area contributed by atoms with Crippen molar-refractivity contribution < 1.29 is 4.42 Å². The molecule has 12 aromatic rings. The third-order valence-corrected chi connectivity index (χ3v) is 11.7. The van der Waals surface area contributed by atoms with E-state index in [1.165, 1.54) is 54.3 Å². The highest BCUT2D eigenvalue weighted by Gasteiger charge is 2.24. The van der Waals surface area contributed by atoms with Gasteiger partial charge in [-0.2, -0.15) is 0 Å². The third kappa shape index (κ3) is 4.86. The number of hydrogen-bond acceptors (Lipinski definition) is 2. The van der Waals surface area contributed by atoms with Crippen LogP contribution < -0.4 is 4.90 Å². The molecule has 0 fully saturated rings. The van der Waals surface area contributed by atoms with Gasteiger partial charge in [0.05, 0.1) is 22.4 Å². The fourth-order valence-corrected chi connectivity index (χ4v) is 9.15. The minimum Gasteiger partial charge on any atom is -0.454 e. The Bertz CT molecular complexity index is 3520. The highest BCUT2D eigenvalue weighted by atomic mass is 16.3. The molecule has 0 aliphatic rings. The molecule has 0 unspecified atom stereocenters. The second kappa shape index (κ2) is 12.5. The van der Waals surface area contributed by atoms with Crippen LogP contribution in [0.2, 0.25) is 0 Å². The predicted octanol–water partition coefficient (Wildman–Crippen LogP) is 15.3. The average Bonchev–Trinajstić information content (AvgIpc) is 3.80. The van der Waals surface area contributed by atoms with E-state index in [4.69, 9.17) is 4.42 Å². The molecule has 3 nitrogen and oxygen atoms in total. The van der Waals surface area contributed by atoms with Crippen LogP contribution in [0.3, 0.4) is 0 Å². The first kappa shape index (κ1) is 31.7. The van der Waals surface area contributed by atoms with Gasteiger partial charge in [0.25, 0.3) is 0 Å². The zero-order valence-electron chi connectivity index (χ0n) is 30.9. The van der Waals surface area contributed by atoms with Gasteiger partial charge in [-0.1, -0.05) is 146 Å². The topological polar surface area (TPSA) is 21.3 Å². The van der Waals surface area contributed by atoms with E-state index in [0.717, 1.165) is 55.6 Å². The van der Waals surface area contributed by atoms with E-state index in [2.05, 4.69) is 210 Å². The van der Waals surface area contributed by atoms with Gasteiger partial charge < -0.3 is 13.9 Å². The van der Waals surface area contributed by atoms with Gasteiger partial charge in [-0.25, -0.2) is 0 Å². The molecule has 12 rings (SSSR count). The molecule has 0 atom stereocenters. The summed E-state index contributed by atoms with van der Waals surface area (Å²) in [6.07, 6.45) is 0. The lowest BCUT2D eigenvalue weighted by atomic mass is 9.97. The standard InChI is InChI=1S/C54H34N2O/c1-3-15-35(16-4-1)41-28-30-49(44-24-12-11-23-43(41)44)56-50-29-27-40(34-47(50)46-31-36-17-7-8-18-37(36)33-51(46)56)55(39-20-5-2-6-21-39)53-42-22-10-9-19-38(42)32-48-45-25-13-14-26-52(45)57-54(48)53/h1-34H. The number of para-hydroxylation sites is 2. The van der Waals surface area contributed by atoms with Crippen molar-refractivity contribution in [3.05, 3.63) is 206 Å². The Hall–Kier alpha value is -7.62. The lowest BCUT2D eigenvalue weighted by molar-refractivity contribution is 0.669. The second-order valence-corrected chi connectivity index (χ2v) is 14.9. The first-order chi connectivity index (χ1) is 28.3. The lowest BCUT2D eigenvalue weighted by Gasteiger charge is -2.27. The van der Waals surface area contributed by atoms with E-state index in [-0.39, 0.29) is 0 Å². The van der Waals surface area contributed by atoms with Crippen LogP contribution in [0.5, 0.6) is 0 Å². The van der Waals surface area contributed by atoms with Crippen molar-refractivity contribution in [2.45, 2.75) is 0 Å². The normalized spacial score (nSPS) is 11.9. The summed E-state index contributed by atoms with van der Waals surface area (Å²) in [5.74, 6) is 0. The van der Waals surface area contributed by atoms with Gasteiger partial charge in [0.15, 0.2) is 5.58 Å². The molecule has 0 radical (unpaired) electrons. The molecule has 0 aliphatic heterocycles. The summed E-state index contributed by atoms with van der Waals surface area (Å²) in [5, 5.41) is 11.8. The second-order valence-electron chi connectivity index (χ2n) is 14.9. The monoisotopic (exact) mass is 726 g/mol. The molecule has 3 heteroatoms. The van der Waals surface area contributed by atoms with E-state index in [1.807, 2.05) is 6.07 Å². The van der Waals surface area contributed by atoms with Crippen LogP contribution in [0.1, 0.15) is 0 Å². The van der Waals surface area contributed by atoms with E-state index in [9.17, 15) is 0 Å². The van der Waals surface area contributed by atoms with E-state index in [1.54, 1.807) is 0 Å². The number of hydrogen-bond donors (Lipinski definition) is 0. The number of furan rings is 1. The first-order valence-electron chi connectivity index (χ1n) is 19.5. The highest BCUT2D eigenvalue weighted by molar-refractivity contribution is 6.20. The lowest BCUT2D eigenvalue weighted by Crippen LogP contribution is -2.11. The molecule has 0 bridgehead atoms. The molecule has 2 heterocycles. The molecule has 2 aromatic heterocycles. The Morgan fingerprint density at radius 1 is 0.368 bits per heavy atom. The first-order valence-corrected chi connectivity index (χ1v) is 19.5. The number of rotatable bonds is 5.